The van der Waals surface area contributed by atoms with E-state index < -0.39 is 23.5 Å². The molecule has 2 atom stereocenters. The number of benzene rings is 1. The van der Waals surface area contributed by atoms with E-state index in [1.807, 2.05) is 13.8 Å². The van der Waals surface area contributed by atoms with Crippen molar-refractivity contribution in [2.24, 2.45) is 0 Å². The second kappa shape index (κ2) is 6.02. The van der Waals surface area contributed by atoms with Crippen molar-refractivity contribution in [1.29, 1.82) is 0 Å². The number of aliphatic hydroxyl groups is 1. The van der Waals surface area contributed by atoms with Crippen LogP contribution in [0.15, 0.2) is 12.1 Å². The van der Waals surface area contributed by atoms with Gasteiger partial charge in [0.25, 0.3) is 0 Å². The summed E-state index contributed by atoms with van der Waals surface area (Å²) in [5, 5.41) is 12.2. The molecular formula is C12H16F3NO. The maximum atomic E-state index is 13.0. The van der Waals surface area contributed by atoms with Gasteiger partial charge in [0.05, 0.1) is 12.6 Å². The molecule has 0 aliphatic carbocycles. The Morgan fingerprint density at radius 1 is 1.24 bits per heavy atom. The molecule has 0 bridgehead atoms. The summed E-state index contributed by atoms with van der Waals surface area (Å²) in [6.45, 7) is 3.52. The van der Waals surface area contributed by atoms with Gasteiger partial charge in [0, 0.05) is 6.04 Å². The van der Waals surface area contributed by atoms with Crippen molar-refractivity contribution in [3.05, 3.63) is 35.1 Å². The van der Waals surface area contributed by atoms with Crippen molar-refractivity contribution in [2.75, 3.05) is 6.61 Å². The van der Waals surface area contributed by atoms with Crippen LogP contribution in [0.2, 0.25) is 0 Å². The second-order valence-corrected chi connectivity index (χ2v) is 4.01. The number of hydrogen-bond donors (Lipinski definition) is 2. The highest BCUT2D eigenvalue weighted by atomic mass is 19.2. The average molecular weight is 247 g/mol. The molecule has 0 aliphatic rings. The molecule has 2 N–H and O–H groups in total. The molecule has 0 spiro atoms. The highest BCUT2D eigenvalue weighted by molar-refractivity contribution is 5.23. The van der Waals surface area contributed by atoms with Crippen LogP contribution in [0.1, 0.15) is 31.9 Å². The minimum absolute atomic E-state index is 0.0864. The summed E-state index contributed by atoms with van der Waals surface area (Å²) in [6.07, 6.45) is 0.808. The normalized spacial score (nSPS) is 14.7. The van der Waals surface area contributed by atoms with Gasteiger partial charge < -0.3 is 10.4 Å². The van der Waals surface area contributed by atoms with Crippen LogP contribution in [-0.4, -0.2) is 17.8 Å². The predicted molar refractivity (Wildman–Crippen MR) is 59.0 cm³/mol. The maximum Gasteiger partial charge on any atom is 0.194 e. The molecule has 1 aromatic carbocycles. The van der Waals surface area contributed by atoms with E-state index in [9.17, 15) is 18.3 Å². The molecule has 0 radical (unpaired) electrons. The van der Waals surface area contributed by atoms with Crippen LogP contribution >= 0.6 is 0 Å². The van der Waals surface area contributed by atoms with Crippen LogP contribution in [0.3, 0.4) is 0 Å². The highest BCUT2D eigenvalue weighted by Crippen LogP contribution is 2.19. The van der Waals surface area contributed by atoms with E-state index in [-0.39, 0.29) is 18.2 Å². The number of rotatable bonds is 5. The van der Waals surface area contributed by atoms with Gasteiger partial charge in [-0.3, -0.25) is 0 Å². The van der Waals surface area contributed by atoms with E-state index in [0.29, 0.717) is 0 Å². The zero-order chi connectivity index (χ0) is 13.0. The summed E-state index contributed by atoms with van der Waals surface area (Å²) in [7, 11) is 0. The van der Waals surface area contributed by atoms with Gasteiger partial charge in [-0.25, -0.2) is 13.2 Å². The molecule has 2 unspecified atom stereocenters. The van der Waals surface area contributed by atoms with Gasteiger partial charge in [-0.05, 0) is 31.0 Å². The third-order valence-corrected chi connectivity index (χ3v) is 2.69. The molecule has 1 rings (SSSR count). The minimum atomic E-state index is -1.49. The van der Waals surface area contributed by atoms with Crippen molar-refractivity contribution in [1.82, 2.24) is 5.32 Å². The Morgan fingerprint density at radius 2 is 1.76 bits per heavy atom. The van der Waals surface area contributed by atoms with Crippen molar-refractivity contribution in [3.8, 4) is 0 Å². The lowest BCUT2D eigenvalue weighted by atomic mass is 10.1. The Hall–Kier alpha value is -1.07. The third kappa shape index (κ3) is 3.44. The van der Waals surface area contributed by atoms with Crippen molar-refractivity contribution in [2.45, 2.75) is 32.4 Å². The van der Waals surface area contributed by atoms with Gasteiger partial charge in [0.15, 0.2) is 17.5 Å². The number of nitrogens with one attached hydrogen (secondary N) is 1. The fourth-order valence-corrected chi connectivity index (χ4v) is 1.49. The van der Waals surface area contributed by atoms with Gasteiger partial charge >= 0.3 is 0 Å². The van der Waals surface area contributed by atoms with Crippen LogP contribution in [0.4, 0.5) is 13.2 Å². The predicted octanol–water partition coefficient (Wildman–Crippen LogP) is 2.53. The fourth-order valence-electron chi connectivity index (χ4n) is 1.49. The third-order valence-electron chi connectivity index (χ3n) is 2.69. The lowest BCUT2D eigenvalue weighted by Gasteiger charge is -2.21. The lowest BCUT2D eigenvalue weighted by Crippen LogP contribution is -2.32. The zero-order valence-corrected chi connectivity index (χ0v) is 9.80. The lowest BCUT2D eigenvalue weighted by molar-refractivity contribution is 0.233. The van der Waals surface area contributed by atoms with Crippen LogP contribution in [0.5, 0.6) is 0 Å². The topological polar surface area (TPSA) is 32.3 Å². The summed E-state index contributed by atoms with van der Waals surface area (Å²) in [5.41, 5.74) is 0.198. The average Bonchev–Trinajstić information content (AvgIpc) is 2.31. The van der Waals surface area contributed by atoms with E-state index in [4.69, 9.17) is 0 Å². The molecule has 0 heterocycles. The van der Waals surface area contributed by atoms with E-state index in [0.717, 1.165) is 18.6 Å². The molecule has 17 heavy (non-hydrogen) atoms. The molecule has 5 heteroatoms. The zero-order valence-electron chi connectivity index (χ0n) is 9.80. The Kier molecular flexibility index (Phi) is 4.96. The van der Waals surface area contributed by atoms with Gasteiger partial charge in [-0.2, -0.15) is 0 Å². The molecule has 96 valence electrons. The van der Waals surface area contributed by atoms with Crippen molar-refractivity contribution >= 4 is 0 Å². The molecule has 0 fully saturated rings. The van der Waals surface area contributed by atoms with E-state index in [1.54, 1.807) is 0 Å². The number of aliphatic hydroxyl groups excluding tert-OH is 1. The SMILES string of the molecule is CCC(C)NC(CO)c1cc(F)c(F)c(F)c1. The summed E-state index contributed by atoms with van der Waals surface area (Å²) in [5.74, 6) is -3.98. The molecular weight excluding hydrogens is 231 g/mol. The van der Waals surface area contributed by atoms with Gasteiger partial charge in [0.2, 0.25) is 0 Å². The summed E-state index contributed by atoms with van der Waals surface area (Å²) >= 11 is 0. The Bertz CT molecular complexity index is 361. The first kappa shape index (κ1) is 14.0. The fraction of sp³-hybridized carbons (Fsp3) is 0.500. The van der Waals surface area contributed by atoms with E-state index >= 15 is 0 Å². The number of hydrogen-bond acceptors (Lipinski definition) is 2. The summed E-state index contributed by atoms with van der Waals surface area (Å²) in [4.78, 5) is 0. The minimum Gasteiger partial charge on any atom is -0.394 e. The standard InChI is InChI=1S/C12H16F3NO/c1-3-7(2)16-11(6-17)8-4-9(13)12(15)10(14)5-8/h4-5,7,11,16-17H,3,6H2,1-2H3. The van der Waals surface area contributed by atoms with Crippen molar-refractivity contribution < 1.29 is 18.3 Å². The Labute approximate surface area is 98.5 Å². The summed E-state index contributed by atoms with van der Waals surface area (Å²) < 4.78 is 38.8. The Morgan fingerprint density at radius 3 is 2.18 bits per heavy atom. The summed E-state index contributed by atoms with van der Waals surface area (Å²) in [6, 6.07) is 1.28. The van der Waals surface area contributed by atoms with Gasteiger partial charge in [-0.1, -0.05) is 6.92 Å². The van der Waals surface area contributed by atoms with Crippen molar-refractivity contribution in [3.63, 3.8) is 0 Å². The molecule has 0 amide bonds. The van der Waals surface area contributed by atoms with Crippen LogP contribution < -0.4 is 5.32 Å². The van der Waals surface area contributed by atoms with Crippen LogP contribution in [0, 0.1) is 17.5 Å². The van der Waals surface area contributed by atoms with E-state index in [2.05, 4.69) is 5.32 Å². The smallest absolute Gasteiger partial charge is 0.194 e. The molecule has 0 aromatic heterocycles. The van der Waals surface area contributed by atoms with E-state index in [1.165, 1.54) is 0 Å². The van der Waals surface area contributed by atoms with Gasteiger partial charge in [0.1, 0.15) is 0 Å². The largest absolute Gasteiger partial charge is 0.394 e. The molecule has 0 aliphatic heterocycles. The van der Waals surface area contributed by atoms with Gasteiger partial charge in [-0.15, -0.1) is 0 Å². The molecule has 0 saturated heterocycles. The Balaban J connectivity index is 2.96. The maximum absolute atomic E-state index is 13.0. The first-order chi connectivity index (χ1) is 7.99. The number of halogens is 3. The highest BCUT2D eigenvalue weighted by Gasteiger charge is 2.17. The second-order valence-electron chi connectivity index (χ2n) is 4.01. The monoisotopic (exact) mass is 247 g/mol. The molecule has 2 nitrogen and oxygen atoms in total. The molecule has 1 aromatic rings. The first-order valence-corrected chi connectivity index (χ1v) is 5.50. The van der Waals surface area contributed by atoms with Crippen LogP contribution in [0.25, 0.3) is 0 Å². The quantitative estimate of drug-likeness (QED) is 0.784. The first-order valence-electron chi connectivity index (χ1n) is 5.50. The molecule has 0 saturated carbocycles. The van der Waals surface area contributed by atoms with Crippen LogP contribution in [-0.2, 0) is 0 Å².